The molecule has 0 fully saturated rings. The summed E-state index contributed by atoms with van der Waals surface area (Å²) >= 11 is 6.18. The lowest BCUT2D eigenvalue weighted by Gasteiger charge is -2.12. The molecule has 2 rings (SSSR count). The Morgan fingerprint density at radius 3 is 2.37 bits per heavy atom. The lowest BCUT2D eigenvalue weighted by Crippen LogP contribution is -2.25. The highest BCUT2D eigenvalue weighted by molar-refractivity contribution is 6.33. The van der Waals surface area contributed by atoms with E-state index in [1.165, 1.54) is 0 Å². The Hall–Kier alpha value is -3.06. The van der Waals surface area contributed by atoms with Crippen LogP contribution < -0.4 is 21.3 Å². The molecule has 0 saturated carbocycles. The maximum Gasteiger partial charge on any atom is 0.251 e. The molecule has 7 nitrogen and oxygen atoms in total. The van der Waals surface area contributed by atoms with Gasteiger partial charge in [0.15, 0.2) is 0 Å². The molecule has 0 unspecified atom stereocenters. The molecule has 3 amide bonds. The average Bonchev–Trinajstić information content (AvgIpc) is 2.72. The number of rotatable bonds is 10. The molecule has 0 radical (unpaired) electrons. The number of carbonyl (C=O) groups excluding carboxylic acids is 3. The van der Waals surface area contributed by atoms with Gasteiger partial charge in [0, 0.05) is 29.9 Å². The lowest BCUT2D eigenvalue weighted by molar-refractivity contribution is -0.116. The molecule has 30 heavy (non-hydrogen) atoms. The summed E-state index contributed by atoms with van der Waals surface area (Å²) in [4.78, 5) is 36.1. The number of amides is 3. The maximum atomic E-state index is 12.3. The van der Waals surface area contributed by atoms with E-state index in [4.69, 9.17) is 11.6 Å². The van der Waals surface area contributed by atoms with Crippen LogP contribution in [0.5, 0.6) is 0 Å². The SMILES string of the molecule is CCCNC(=O)c1cccc(NC(=O)CNc2cc(NC(=O)CCC)ccc2Cl)c1. The lowest BCUT2D eigenvalue weighted by atomic mass is 10.2. The van der Waals surface area contributed by atoms with Crippen LogP contribution in [0.1, 0.15) is 43.5 Å². The Balaban J connectivity index is 1.95. The van der Waals surface area contributed by atoms with Crippen molar-refractivity contribution in [3.8, 4) is 0 Å². The maximum absolute atomic E-state index is 12.3. The van der Waals surface area contributed by atoms with Gasteiger partial charge in [0.25, 0.3) is 5.91 Å². The molecule has 4 N–H and O–H groups in total. The first-order valence-corrected chi connectivity index (χ1v) is 10.3. The smallest absolute Gasteiger partial charge is 0.251 e. The van der Waals surface area contributed by atoms with E-state index in [0.717, 1.165) is 12.8 Å². The summed E-state index contributed by atoms with van der Waals surface area (Å²) in [6, 6.07) is 11.8. The van der Waals surface area contributed by atoms with E-state index in [2.05, 4.69) is 21.3 Å². The summed E-state index contributed by atoms with van der Waals surface area (Å²) in [6.07, 6.45) is 2.04. The molecule has 0 aromatic heterocycles. The quantitative estimate of drug-likeness (QED) is 0.452. The molecule has 0 bridgehead atoms. The van der Waals surface area contributed by atoms with Gasteiger partial charge in [-0.1, -0.05) is 31.5 Å². The molecule has 0 atom stereocenters. The normalized spacial score (nSPS) is 10.2. The zero-order valence-electron chi connectivity index (χ0n) is 17.2. The van der Waals surface area contributed by atoms with Crippen molar-refractivity contribution >= 4 is 46.4 Å². The van der Waals surface area contributed by atoms with E-state index in [0.29, 0.717) is 40.6 Å². The summed E-state index contributed by atoms with van der Waals surface area (Å²) in [5, 5.41) is 11.8. The van der Waals surface area contributed by atoms with Crippen molar-refractivity contribution in [1.82, 2.24) is 5.32 Å². The zero-order valence-corrected chi connectivity index (χ0v) is 17.9. The first-order chi connectivity index (χ1) is 14.4. The summed E-state index contributed by atoms with van der Waals surface area (Å²) in [7, 11) is 0. The minimum absolute atomic E-state index is 0.0294. The molecule has 0 spiro atoms. The molecule has 8 heteroatoms. The predicted molar refractivity (Wildman–Crippen MR) is 121 cm³/mol. The fourth-order valence-corrected chi connectivity index (χ4v) is 2.83. The average molecular weight is 431 g/mol. The molecule has 0 aliphatic carbocycles. The standard InChI is InChI=1S/C22H27ClN4O3/c1-3-6-20(28)26-17-9-10-18(23)19(13-17)25-14-21(29)27-16-8-5-7-15(12-16)22(30)24-11-4-2/h5,7-10,12-13,25H,3-4,6,11,14H2,1-2H3,(H,24,30)(H,26,28)(H,27,29). The monoisotopic (exact) mass is 430 g/mol. The van der Waals surface area contributed by atoms with E-state index >= 15 is 0 Å². The van der Waals surface area contributed by atoms with Crippen molar-refractivity contribution in [3.05, 3.63) is 53.1 Å². The number of benzene rings is 2. The topological polar surface area (TPSA) is 99.3 Å². The summed E-state index contributed by atoms with van der Waals surface area (Å²) < 4.78 is 0. The molecule has 2 aromatic carbocycles. The van der Waals surface area contributed by atoms with Gasteiger partial charge in [-0.15, -0.1) is 0 Å². The number of hydrogen-bond donors (Lipinski definition) is 4. The Bertz CT molecular complexity index is 902. The van der Waals surface area contributed by atoms with Crippen LogP contribution in [-0.4, -0.2) is 30.8 Å². The van der Waals surface area contributed by atoms with Crippen LogP contribution in [0, 0.1) is 0 Å². The van der Waals surface area contributed by atoms with Crippen molar-refractivity contribution < 1.29 is 14.4 Å². The Labute approximate surface area is 181 Å². The fourth-order valence-electron chi connectivity index (χ4n) is 2.65. The molecule has 0 saturated heterocycles. The van der Waals surface area contributed by atoms with E-state index in [1.807, 2.05) is 13.8 Å². The second-order valence-electron chi connectivity index (χ2n) is 6.73. The third kappa shape index (κ3) is 7.40. The van der Waals surface area contributed by atoms with Crippen LogP contribution in [-0.2, 0) is 9.59 Å². The molecule has 0 heterocycles. The van der Waals surface area contributed by atoms with Crippen LogP contribution in [0.2, 0.25) is 5.02 Å². The van der Waals surface area contributed by atoms with Gasteiger partial charge in [0.05, 0.1) is 17.3 Å². The summed E-state index contributed by atoms with van der Waals surface area (Å²) in [5.74, 6) is -0.552. The highest BCUT2D eigenvalue weighted by atomic mass is 35.5. The number of carbonyl (C=O) groups is 3. The second kappa shape index (κ2) is 11.8. The first kappa shape index (κ1) is 23.2. The minimum atomic E-state index is -0.294. The van der Waals surface area contributed by atoms with E-state index in [1.54, 1.807) is 42.5 Å². The fraction of sp³-hybridized carbons (Fsp3) is 0.318. The van der Waals surface area contributed by atoms with Crippen LogP contribution in [0.3, 0.4) is 0 Å². The minimum Gasteiger partial charge on any atom is -0.375 e. The van der Waals surface area contributed by atoms with Crippen LogP contribution in [0.4, 0.5) is 17.1 Å². The Morgan fingerprint density at radius 2 is 1.63 bits per heavy atom. The third-order valence-corrected chi connectivity index (χ3v) is 4.44. The molecule has 160 valence electrons. The van der Waals surface area contributed by atoms with E-state index in [9.17, 15) is 14.4 Å². The van der Waals surface area contributed by atoms with Gasteiger partial charge in [0.1, 0.15) is 0 Å². The number of anilines is 3. The van der Waals surface area contributed by atoms with Gasteiger partial charge in [-0.3, -0.25) is 14.4 Å². The van der Waals surface area contributed by atoms with Crippen molar-refractivity contribution in [3.63, 3.8) is 0 Å². The highest BCUT2D eigenvalue weighted by Gasteiger charge is 2.09. The summed E-state index contributed by atoms with van der Waals surface area (Å²) in [6.45, 7) is 4.47. The van der Waals surface area contributed by atoms with Gasteiger partial charge in [-0.2, -0.15) is 0 Å². The Kier molecular flexibility index (Phi) is 9.15. The van der Waals surface area contributed by atoms with E-state index in [-0.39, 0.29) is 24.3 Å². The number of hydrogen-bond acceptors (Lipinski definition) is 4. The molecule has 0 aliphatic heterocycles. The van der Waals surface area contributed by atoms with E-state index < -0.39 is 0 Å². The van der Waals surface area contributed by atoms with Gasteiger partial charge in [-0.25, -0.2) is 0 Å². The molecule has 0 aliphatic rings. The first-order valence-electron chi connectivity index (χ1n) is 9.94. The van der Waals surface area contributed by atoms with Gasteiger partial charge >= 0.3 is 0 Å². The second-order valence-corrected chi connectivity index (χ2v) is 7.14. The van der Waals surface area contributed by atoms with Gasteiger partial charge in [-0.05, 0) is 49.2 Å². The number of nitrogens with one attached hydrogen (secondary N) is 4. The van der Waals surface area contributed by atoms with Crippen LogP contribution in [0.25, 0.3) is 0 Å². The Morgan fingerprint density at radius 1 is 0.900 bits per heavy atom. The van der Waals surface area contributed by atoms with Crippen molar-refractivity contribution in [2.75, 3.05) is 29.0 Å². The van der Waals surface area contributed by atoms with Crippen LogP contribution in [0.15, 0.2) is 42.5 Å². The van der Waals surface area contributed by atoms with Crippen LogP contribution >= 0.6 is 11.6 Å². The molecule has 2 aromatic rings. The van der Waals surface area contributed by atoms with Crippen molar-refractivity contribution in [2.45, 2.75) is 33.1 Å². The zero-order chi connectivity index (χ0) is 21.9. The largest absolute Gasteiger partial charge is 0.375 e. The third-order valence-electron chi connectivity index (χ3n) is 4.11. The molecular formula is C22H27ClN4O3. The number of halogens is 1. The highest BCUT2D eigenvalue weighted by Crippen LogP contribution is 2.25. The predicted octanol–water partition coefficient (Wildman–Crippen LogP) is 4.27. The van der Waals surface area contributed by atoms with Gasteiger partial charge in [0.2, 0.25) is 11.8 Å². The van der Waals surface area contributed by atoms with Crippen molar-refractivity contribution in [1.29, 1.82) is 0 Å². The summed E-state index contributed by atoms with van der Waals surface area (Å²) in [5.41, 5.74) is 2.14. The van der Waals surface area contributed by atoms with Gasteiger partial charge < -0.3 is 21.3 Å². The molecular weight excluding hydrogens is 404 g/mol. The van der Waals surface area contributed by atoms with Crippen molar-refractivity contribution in [2.24, 2.45) is 0 Å².